The second-order valence-corrected chi connectivity index (χ2v) is 8.08. The number of nitrogens with zero attached hydrogens (tertiary/aromatic N) is 3. The van der Waals surface area contributed by atoms with E-state index in [4.69, 9.17) is 17.3 Å². The van der Waals surface area contributed by atoms with E-state index >= 15 is 0 Å². The number of guanidine groups is 1. The number of primary amides is 1. The van der Waals surface area contributed by atoms with Gasteiger partial charge < -0.3 is 16.0 Å². The number of nitrogens with one attached hydrogen (secondary N) is 1. The lowest BCUT2D eigenvalue weighted by molar-refractivity contribution is -0.129. The molecule has 1 aliphatic carbocycles. The third-order valence-corrected chi connectivity index (χ3v) is 5.99. The summed E-state index contributed by atoms with van der Waals surface area (Å²) in [5.74, 6) is 0.284. The van der Waals surface area contributed by atoms with Crippen molar-refractivity contribution in [3.63, 3.8) is 0 Å². The number of benzene rings is 1. The van der Waals surface area contributed by atoms with Gasteiger partial charge in [0.25, 0.3) is 0 Å². The first-order valence-electron chi connectivity index (χ1n) is 9.22. The Kier molecular flexibility index (Phi) is 7.55. The summed E-state index contributed by atoms with van der Waals surface area (Å²) in [6, 6.07) is 4.92. The molecule has 156 valence electrons. The van der Waals surface area contributed by atoms with Crippen molar-refractivity contribution < 1.29 is 9.18 Å². The van der Waals surface area contributed by atoms with Crippen LogP contribution in [0.2, 0.25) is 5.02 Å². The van der Waals surface area contributed by atoms with Gasteiger partial charge in [0.1, 0.15) is 5.82 Å². The van der Waals surface area contributed by atoms with Crippen LogP contribution in [0, 0.1) is 5.82 Å². The second kappa shape index (κ2) is 9.13. The lowest BCUT2D eigenvalue weighted by Crippen LogP contribution is -2.61. The van der Waals surface area contributed by atoms with Crippen LogP contribution in [-0.2, 0) is 4.79 Å². The summed E-state index contributed by atoms with van der Waals surface area (Å²) in [4.78, 5) is 20.3. The van der Waals surface area contributed by atoms with E-state index in [-0.39, 0.29) is 47.7 Å². The lowest BCUT2D eigenvalue weighted by atomic mass is 10.0. The molecule has 2 aliphatic rings. The van der Waals surface area contributed by atoms with E-state index in [0.29, 0.717) is 10.6 Å². The zero-order chi connectivity index (χ0) is 19.8. The van der Waals surface area contributed by atoms with E-state index < -0.39 is 5.54 Å². The van der Waals surface area contributed by atoms with Gasteiger partial charge in [0.05, 0.1) is 5.54 Å². The molecular formula is C19H28ClFIN5O. The van der Waals surface area contributed by atoms with Crippen molar-refractivity contribution >= 4 is 47.4 Å². The number of nitrogens with two attached hydrogens (primary N) is 1. The van der Waals surface area contributed by atoms with Crippen molar-refractivity contribution in [3.8, 4) is 0 Å². The summed E-state index contributed by atoms with van der Waals surface area (Å²) < 4.78 is 14.1. The molecule has 3 N–H and O–H groups in total. The fraction of sp³-hybridized carbons (Fsp3) is 0.579. The zero-order valence-electron chi connectivity index (χ0n) is 16.4. The summed E-state index contributed by atoms with van der Waals surface area (Å²) in [5.41, 5.74) is 5.44. The molecular weight excluding hydrogens is 496 g/mol. The van der Waals surface area contributed by atoms with E-state index in [1.807, 2.05) is 13.8 Å². The summed E-state index contributed by atoms with van der Waals surface area (Å²) in [7, 11) is 1.75. The zero-order valence-corrected chi connectivity index (χ0v) is 19.5. The van der Waals surface area contributed by atoms with Crippen LogP contribution in [0.1, 0.15) is 31.7 Å². The topological polar surface area (TPSA) is 74.0 Å². The first-order valence-corrected chi connectivity index (χ1v) is 9.60. The van der Waals surface area contributed by atoms with E-state index in [1.54, 1.807) is 19.2 Å². The molecule has 0 aromatic heterocycles. The molecule has 1 aliphatic heterocycles. The Morgan fingerprint density at radius 2 is 1.96 bits per heavy atom. The number of halogens is 3. The maximum Gasteiger partial charge on any atom is 0.237 e. The van der Waals surface area contributed by atoms with Crippen molar-refractivity contribution in [2.24, 2.45) is 10.7 Å². The molecule has 1 heterocycles. The highest BCUT2D eigenvalue weighted by Crippen LogP contribution is 2.45. The normalized spacial score (nSPS) is 23.2. The standard InChI is InChI=1S/C19H27ClFN5O.HI/c1-19(2,17(22)27)26-9-7-25(8-10-26)18(23-3)24-15-11-12(15)16-13(20)5-4-6-14(16)21;/h4-6,12,15H,7-11H2,1-3H3,(H2,22,27)(H,23,24);1H. The first-order chi connectivity index (χ1) is 12.8. The third-order valence-electron chi connectivity index (χ3n) is 5.66. The fourth-order valence-corrected chi connectivity index (χ4v) is 3.94. The predicted octanol–water partition coefficient (Wildman–Crippen LogP) is 2.41. The average molecular weight is 524 g/mol. The molecule has 1 saturated heterocycles. The minimum absolute atomic E-state index is 0. The van der Waals surface area contributed by atoms with Gasteiger partial charge in [-0.1, -0.05) is 17.7 Å². The van der Waals surface area contributed by atoms with E-state index in [0.717, 1.165) is 38.6 Å². The highest BCUT2D eigenvalue weighted by Gasteiger charge is 2.43. The number of hydrogen-bond donors (Lipinski definition) is 2. The van der Waals surface area contributed by atoms with Gasteiger partial charge in [-0.05, 0) is 32.4 Å². The molecule has 9 heteroatoms. The number of piperazine rings is 1. The van der Waals surface area contributed by atoms with Gasteiger partial charge in [-0.3, -0.25) is 14.7 Å². The summed E-state index contributed by atoms with van der Waals surface area (Å²) >= 11 is 6.18. The molecule has 6 nitrogen and oxygen atoms in total. The summed E-state index contributed by atoms with van der Waals surface area (Å²) in [5, 5.41) is 3.90. The molecule has 2 unspecified atom stereocenters. The Labute approximate surface area is 187 Å². The van der Waals surface area contributed by atoms with Crippen molar-refractivity contribution in [2.75, 3.05) is 33.2 Å². The number of aliphatic imine (C=N–C) groups is 1. The van der Waals surface area contributed by atoms with Crippen LogP contribution < -0.4 is 11.1 Å². The molecule has 1 saturated carbocycles. The SMILES string of the molecule is CN=C(NC1CC1c1c(F)cccc1Cl)N1CCN(C(C)(C)C(N)=O)CC1.I. The summed E-state index contributed by atoms with van der Waals surface area (Å²) in [6.45, 7) is 6.65. The van der Waals surface area contributed by atoms with Crippen LogP contribution in [0.15, 0.2) is 23.2 Å². The third kappa shape index (κ3) is 4.71. The maximum atomic E-state index is 14.1. The fourth-order valence-electron chi connectivity index (χ4n) is 3.63. The molecule has 2 atom stereocenters. The smallest absolute Gasteiger partial charge is 0.237 e. The highest BCUT2D eigenvalue weighted by atomic mass is 127. The molecule has 0 spiro atoms. The average Bonchev–Trinajstić information content (AvgIpc) is 3.38. The van der Waals surface area contributed by atoms with Gasteiger partial charge in [-0.25, -0.2) is 4.39 Å². The van der Waals surface area contributed by atoms with Crippen molar-refractivity contribution in [2.45, 2.75) is 37.8 Å². The number of hydrogen-bond acceptors (Lipinski definition) is 3. The van der Waals surface area contributed by atoms with Gasteiger partial charge in [0, 0.05) is 55.8 Å². The van der Waals surface area contributed by atoms with Gasteiger partial charge in [-0.2, -0.15) is 0 Å². The van der Waals surface area contributed by atoms with Gasteiger partial charge >= 0.3 is 0 Å². The lowest BCUT2D eigenvalue weighted by Gasteiger charge is -2.43. The Morgan fingerprint density at radius 3 is 2.50 bits per heavy atom. The Hall–Kier alpha value is -1.13. The van der Waals surface area contributed by atoms with Gasteiger partial charge in [-0.15, -0.1) is 24.0 Å². The van der Waals surface area contributed by atoms with Crippen LogP contribution in [0.5, 0.6) is 0 Å². The maximum absolute atomic E-state index is 14.1. The van der Waals surface area contributed by atoms with Crippen molar-refractivity contribution in [3.05, 3.63) is 34.6 Å². The highest BCUT2D eigenvalue weighted by molar-refractivity contribution is 14.0. The monoisotopic (exact) mass is 523 g/mol. The molecule has 0 bridgehead atoms. The summed E-state index contributed by atoms with van der Waals surface area (Å²) in [6.07, 6.45) is 0.828. The Balaban J connectivity index is 0.00000280. The first kappa shape index (κ1) is 23.2. The van der Waals surface area contributed by atoms with E-state index in [2.05, 4.69) is 20.1 Å². The van der Waals surface area contributed by atoms with Crippen LogP contribution in [0.4, 0.5) is 4.39 Å². The quantitative estimate of drug-likeness (QED) is 0.361. The van der Waals surface area contributed by atoms with Gasteiger partial charge in [0.15, 0.2) is 5.96 Å². The van der Waals surface area contributed by atoms with Crippen LogP contribution in [0.25, 0.3) is 0 Å². The number of carbonyl (C=O) groups is 1. The van der Waals surface area contributed by atoms with Gasteiger partial charge in [0.2, 0.25) is 5.91 Å². The molecule has 0 radical (unpaired) electrons. The van der Waals surface area contributed by atoms with E-state index in [9.17, 15) is 9.18 Å². The van der Waals surface area contributed by atoms with Crippen molar-refractivity contribution in [1.29, 1.82) is 0 Å². The molecule has 1 amide bonds. The number of amides is 1. The molecule has 2 fully saturated rings. The Morgan fingerprint density at radius 1 is 1.32 bits per heavy atom. The van der Waals surface area contributed by atoms with Crippen LogP contribution in [0.3, 0.4) is 0 Å². The second-order valence-electron chi connectivity index (χ2n) is 7.67. The van der Waals surface area contributed by atoms with Crippen molar-refractivity contribution in [1.82, 2.24) is 15.1 Å². The Bertz CT molecular complexity index is 732. The molecule has 1 aromatic carbocycles. The largest absolute Gasteiger partial charge is 0.368 e. The van der Waals surface area contributed by atoms with E-state index in [1.165, 1.54) is 6.07 Å². The van der Waals surface area contributed by atoms with Crippen LogP contribution in [-0.4, -0.2) is 66.5 Å². The number of rotatable bonds is 4. The minimum atomic E-state index is -0.661. The minimum Gasteiger partial charge on any atom is -0.368 e. The molecule has 1 aromatic rings. The number of carbonyl (C=O) groups excluding carboxylic acids is 1. The molecule has 3 rings (SSSR count). The predicted molar refractivity (Wildman–Crippen MR) is 121 cm³/mol. The van der Waals surface area contributed by atoms with Crippen LogP contribution >= 0.6 is 35.6 Å². The molecule has 28 heavy (non-hydrogen) atoms.